The van der Waals surface area contributed by atoms with Gasteiger partial charge in [-0.2, -0.15) is 4.39 Å². The molecule has 0 aliphatic heterocycles. The molecule has 0 saturated carbocycles. The second-order valence-electron chi connectivity index (χ2n) is 3.92. The Bertz CT molecular complexity index is 663. The van der Waals surface area contributed by atoms with E-state index in [1.54, 1.807) is 0 Å². The number of ether oxygens (including phenoxy) is 1. The van der Waals surface area contributed by atoms with E-state index in [4.69, 9.17) is 15.4 Å². The van der Waals surface area contributed by atoms with Crippen molar-refractivity contribution in [1.82, 2.24) is 5.32 Å². The van der Waals surface area contributed by atoms with Crippen LogP contribution in [0.4, 0.5) is 8.78 Å². The highest BCUT2D eigenvalue weighted by atomic mass is 35.7. The predicted octanol–water partition coefficient (Wildman–Crippen LogP) is 1.96. The minimum atomic E-state index is -4.42. The molecule has 0 bridgehead atoms. The molecule has 1 aromatic carbocycles. The molecule has 1 amide bonds. The minimum Gasteiger partial charge on any atom is -0.478 e. The standard InChI is InChI=1S/C12H12ClF2NO4S/c1-3-6-16-12(17)7(2)20-8-4-5-9(21(13,18)19)11(15)10(8)14/h3-5,7H,1,6H2,2H3,(H,16,17). The van der Waals surface area contributed by atoms with E-state index >= 15 is 0 Å². The van der Waals surface area contributed by atoms with E-state index < -0.39 is 43.3 Å². The van der Waals surface area contributed by atoms with Gasteiger partial charge < -0.3 is 10.1 Å². The van der Waals surface area contributed by atoms with Crippen LogP contribution in [-0.2, 0) is 13.8 Å². The molecule has 21 heavy (non-hydrogen) atoms. The Morgan fingerprint density at radius 1 is 1.48 bits per heavy atom. The van der Waals surface area contributed by atoms with Crippen LogP contribution in [0.3, 0.4) is 0 Å². The summed E-state index contributed by atoms with van der Waals surface area (Å²) in [4.78, 5) is 10.5. The van der Waals surface area contributed by atoms with Gasteiger partial charge in [-0.3, -0.25) is 4.79 Å². The van der Waals surface area contributed by atoms with Gasteiger partial charge in [-0.1, -0.05) is 6.08 Å². The molecule has 9 heteroatoms. The van der Waals surface area contributed by atoms with E-state index in [1.807, 2.05) is 0 Å². The zero-order valence-corrected chi connectivity index (χ0v) is 12.5. The molecule has 0 aliphatic carbocycles. The molecule has 0 radical (unpaired) electrons. The van der Waals surface area contributed by atoms with Crippen molar-refractivity contribution in [3.8, 4) is 5.75 Å². The lowest BCUT2D eigenvalue weighted by molar-refractivity contribution is -0.127. The van der Waals surface area contributed by atoms with Crippen LogP contribution in [0, 0.1) is 11.6 Å². The summed E-state index contributed by atoms with van der Waals surface area (Å²) in [5, 5.41) is 2.41. The molecular weight excluding hydrogens is 328 g/mol. The zero-order chi connectivity index (χ0) is 16.2. The molecular formula is C12H12ClF2NO4S. The van der Waals surface area contributed by atoms with Crippen LogP contribution in [-0.4, -0.2) is 27.0 Å². The largest absolute Gasteiger partial charge is 0.478 e. The number of halogens is 3. The second kappa shape index (κ2) is 6.86. The fourth-order valence-electron chi connectivity index (χ4n) is 1.35. The van der Waals surface area contributed by atoms with Crippen LogP contribution in [0.25, 0.3) is 0 Å². The number of hydrogen-bond donors (Lipinski definition) is 1. The average molecular weight is 340 g/mol. The number of benzene rings is 1. The van der Waals surface area contributed by atoms with Gasteiger partial charge in [0.05, 0.1) is 0 Å². The Hall–Kier alpha value is -1.67. The van der Waals surface area contributed by atoms with Crippen LogP contribution in [0.15, 0.2) is 29.7 Å². The van der Waals surface area contributed by atoms with Gasteiger partial charge in [-0.25, -0.2) is 12.8 Å². The van der Waals surface area contributed by atoms with E-state index in [0.717, 1.165) is 12.1 Å². The summed E-state index contributed by atoms with van der Waals surface area (Å²) >= 11 is 0. The highest BCUT2D eigenvalue weighted by Crippen LogP contribution is 2.28. The summed E-state index contributed by atoms with van der Waals surface area (Å²) in [7, 11) is 0.535. The first-order valence-corrected chi connectivity index (χ1v) is 7.97. The van der Waals surface area contributed by atoms with Gasteiger partial charge in [0, 0.05) is 17.2 Å². The normalized spacial score (nSPS) is 12.6. The number of hydrogen-bond acceptors (Lipinski definition) is 4. The van der Waals surface area contributed by atoms with Crippen molar-refractivity contribution in [3.05, 3.63) is 36.4 Å². The van der Waals surface area contributed by atoms with E-state index in [-0.39, 0.29) is 6.54 Å². The monoisotopic (exact) mass is 339 g/mol. The third kappa shape index (κ3) is 4.40. The Balaban J connectivity index is 2.99. The molecule has 1 unspecified atom stereocenters. The lowest BCUT2D eigenvalue weighted by atomic mass is 10.3. The van der Waals surface area contributed by atoms with Gasteiger partial charge in [0.1, 0.15) is 4.90 Å². The Morgan fingerprint density at radius 2 is 2.10 bits per heavy atom. The minimum absolute atomic E-state index is 0.187. The maximum Gasteiger partial charge on any atom is 0.264 e. The quantitative estimate of drug-likeness (QED) is 0.635. The molecule has 1 atom stereocenters. The van der Waals surface area contributed by atoms with Gasteiger partial charge in [0.25, 0.3) is 15.0 Å². The van der Waals surface area contributed by atoms with Crippen LogP contribution < -0.4 is 10.1 Å². The maximum absolute atomic E-state index is 13.7. The van der Waals surface area contributed by atoms with Crippen LogP contribution >= 0.6 is 10.7 Å². The third-order valence-corrected chi connectivity index (χ3v) is 3.71. The summed E-state index contributed by atoms with van der Waals surface area (Å²) < 4.78 is 54.3. The lowest BCUT2D eigenvalue weighted by Crippen LogP contribution is -2.36. The Labute approximate surface area is 125 Å². The van der Waals surface area contributed by atoms with Crippen molar-refractivity contribution in [2.24, 2.45) is 0 Å². The van der Waals surface area contributed by atoms with Crippen molar-refractivity contribution in [3.63, 3.8) is 0 Å². The van der Waals surface area contributed by atoms with Crippen molar-refractivity contribution in [1.29, 1.82) is 0 Å². The van der Waals surface area contributed by atoms with Crippen LogP contribution in [0.1, 0.15) is 6.92 Å². The van der Waals surface area contributed by atoms with E-state index in [0.29, 0.717) is 0 Å². The van der Waals surface area contributed by atoms with Crippen molar-refractivity contribution in [2.75, 3.05) is 6.54 Å². The summed E-state index contributed by atoms with van der Waals surface area (Å²) in [6.07, 6.45) is 0.322. The fourth-order valence-corrected chi connectivity index (χ4v) is 2.25. The van der Waals surface area contributed by atoms with Gasteiger partial charge in [0.2, 0.25) is 5.82 Å². The number of carbonyl (C=O) groups is 1. The smallest absolute Gasteiger partial charge is 0.264 e. The lowest BCUT2D eigenvalue weighted by Gasteiger charge is -2.15. The molecule has 1 N–H and O–H groups in total. The van der Waals surface area contributed by atoms with Crippen LogP contribution in [0.5, 0.6) is 5.75 Å². The molecule has 0 heterocycles. The Morgan fingerprint density at radius 3 is 2.62 bits per heavy atom. The molecule has 0 fully saturated rings. The first kappa shape index (κ1) is 17.4. The van der Waals surface area contributed by atoms with E-state index in [2.05, 4.69) is 11.9 Å². The summed E-state index contributed by atoms with van der Waals surface area (Å²) in [5.41, 5.74) is 0. The molecule has 0 aromatic heterocycles. The second-order valence-corrected chi connectivity index (χ2v) is 6.46. The predicted molar refractivity (Wildman–Crippen MR) is 72.7 cm³/mol. The number of rotatable bonds is 6. The van der Waals surface area contributed by atoms with Crippen molar-refractivity contribution >= 4 is 25.6 Å². The Kier molecular flexibility index (Phi) is 5.68. The van der Waals surface area contributed by atoms with Gasteiger partial charge in [-0.05, 0) is 19.1 Å². The highest BCUT2D eigenvalue weighted by molar-refractivity contribution is 8.13. The van der Waals surface area contributed by atoms with Crippen molar-refractivity contribution in [2.45, 2.75) is 17.9 Å². The molecule has 1 aromatic rings. The first-order valence-electron chi connectivity index (χ1n) is 5.66. The molecule has 0 saturated heterocycles. The van der Waals surface area contributed by atoms with Gasteiger partial charge in [0.15, 0.2) is 17.7 Å². The molecule has 5 nitrogen and oxygen atoms in total. The van der Waals surface area contributed by atoms with E-state index in [9.17, 15) is 22.0 Å². The molecule has 0 aliphatic rings. The number of carbonyl (C=O) groups excluding carboxylic acids is 1. The summed E-state index contributed by atoms with van der Waals surface area (Å²) in [6, 6.07) is 1.63. The third-order valence-electron chi connectivity index (χ3n) is 2.37. The maximum atomic E-state index is 13.7. The van der Waals surface area contributed by atoms with E-state index in [1.165, 1.54) is 13.0 Å². The SMILES string of the molecule is C=CCNC(=O)C(C)Oc1ccc(S(=O)(=O)Cl)c(F)c1F. The van der Waals surface area contributed by atoms with Crippen molar-refractivity contribution < 1.29 is 26.7 Å². The first-order chi connectivity index (χ1) is 9.68. The summed E-state index contributed by atoms with van der Waals surface area (Å²) in [5.74, 6) is -4.37. The molecule has 0 spiro atoms. The fraction of sp³-hybridized carbons (Fsp3) is 0.250. The highest BCUT2D eigenvalue weighted by Gasteiger charge is 2.24. The van der Waals surface area contributed by atoms with Gasteiger partial charge >= 0.3 is 0 Å². The summed E-state index contributed by atoms with van der Waals surface area (Å²) in [6.45, 7) is 4.91. The zero-order valence-electron chi connectivity index (χ0n) is 10.9. The van der Waals surface area contributed by atoms with Gasteiger partial charge in [-0.15, -0.1) is 6.58 Å². The van der Waals surface area contributed by atoms with Crippen LogP contribution in [0.2, 0.25) is 0 Å². The average Bonchev–Trinajstić information content (AvgIpc) is 2.39. The topological polar surface area (TPSA) is 72.5 Å². The molecule has 116 valence electrons. The number of amides is 1. The number of nitrogens with one attached hydrogen (secondary N) is 1. The molecule has 1 rings (SSSR count).